The minimum absolute atomic E-state index is 0.0862. The van der Waals surface area contributed by atoms with Crippen LogP contribution in [0.1, 0.15) is 59.9 Å². The third kappa shape index (κ3) is 7.05. The van der Waals surface area contributed by atoms with Crippen LogP contribution in [0.5, 0.6) is 0 Å². The number of benzene rings is 3. The largest absolute Gasteiger partial charge is 0.444 e. The predicted molar refractivity (Wildman–Crippen MR) is 162 cm³/mol. The fourth-order valence-electron chi connectivity index (χ4n) is 4.97. The molecule has 1 heterocycles. The van der Waals surface area contributed by atoms with Gasteiger partial charge in [0.2, 0.25) is 0 Å². The molecule has 0 unspecified atom stereocenters. The van der Waals surface area contributed by atoms with Crippen molar-refractivity contribution in [1.29, 1.82) is 0 Å². The molecule has 0 spiro atoms. The van der Waals surface area contributed by atoms with Crippen LogP contribution in [-0.2, 0) is 20.2 Å². The lowest BCUT2D eigenvalue weighted by Gasteiger charge is -2.36. The maximum absolute atomic E-state index is 14.2. The molecule has 1 amide bonds. The van der Waals surface area contributed by atoms with E-state index in [1.54, 1.807) is 33.5 Å². The van der Waals surface area contributed by atoms with E-state index >= 15 is 0 Å². The monoisotopic (exact) mass is 562 g/mol. The molecule has 1 aliphatic rings. The molecule has 0 N–H and O–H groups in total. The van der Waals surface area contributed by atoms with Crippen molar-refractivity contribution >= 4 is 21.8 Å². The number of hydrogen-bond acceptors (Lipinski definition) is 4. The maximum atomic E-state index is 14.2. The first-order chi connectivity index (χ1) is 18.8. The number of amides is 1. The Bertz CT molecular complexity index is 1400. The first kappa shape index (κ1) is 29.7. The molecule has 1 aliphatic heterocycles. The lowest BCUT2D eigenvalue weighted by Crippen LogP contribution is -2.44. The van der Waals surface area contributed by atoms with Gasteiger partial charge in [-0.1, -0.05) is 75.4 Å². The first-order valence-electron chi connectivity index (χ1n) is 14.0. The molecule has 214 valence electrons. The SMILES string of the molecule is CC(C)(C)OC(=O)N1CCC(CN(c2ccc(C(C)(C)C)cc2-c2ccccc2)S(=O)(=O)c2ccccc2)CC1. The minimum atomic E-state index is -3.86. The molecule has 0 aromatic heterocycles. The van der Waals surface area contributed by atoms with Gasteiger partial charge in [0.1, 0.15) is 5.60 Å². The third-order valence-corrected chi connectivity index (χ3v) is 9.03. The fourth-order valence-corrected chi connectivity index (χ4v) is 6.55. The molecule has 0 atom stereocenters. The molecule has 1 fully saturated rings. The summed E-state index contributed by atoms with van der Waals surface area (Å²) in [6, 6.07) is 24.7. The van der Waals surface area contributed by atoms with Gasteiger partial charge >= 0.3 is 6.09 Å². The predicted octanol–water partition coefficient (Wildman–Crippen LogP) is 7.49. The standard InChI is InChI=1S/C33H42N2O4S/c1-32(2,3)27-17-18-30(29(23-27)26-13-9-7-10-14-26)35(40(37,38)28-15-11-8-12-16-28)24-25-19-21-34(22-20-25)31(36)39-33(4,5)6/h7-18,23,25H,19-22,24H2,1-6H3. The van der Waals surface area contributed by atoms with Crippen molar-refractivity contribution in [2.24, 2.45) is 5.92 Å². The Hall–Kier alpha value is -3.32. The van der Waals surface area contributed by atoms with Gasteiger partial charge in [-0.2, -0.15) is 0 Å². The van der Waals surface area contributed by atoms with Crippen molar-refractivity contribution in [3.63, 3.8) is 0 Å². The van der Waals surface area contributed by atoms with Crippen LogP contribution < -0.4 is 4.31 Å². The van der Waals surface area contributed by atoms with Gasteiger partial charge in [0, 0.05) is 25.2 Å². The second kappa shape index (κ2) is 11.7. The molecular weight excluding hydrogens is 520 g/mol. The molecule has 0 aliphatic carbocycles. The number of carbonyl (C=O) groups is 1. The highest BCUT2D eigenvalue weighted by molar-refractivity contribution is 7.92. The highest BCUT2D eigenvalue weighted by atomic mass is 32.2. The van der Waals surface area contributed by atoms with E-state index in [1.807, 2.05) is 69.3 Å². The van der Waals surface area contributed by atoms with Gasteiger partial charge in [-0.25, -0.2) is 13.2 Å². The number of likely N-dealkylation sites (tertiary alicyclic amines) is 1. The van der Waals surface area contributed by atoms with Gasteiger partial charge in [-0.05, 0) is 80.3 Å². The summed E-state index contributed by atoms with van der Waals surface area (Å²) >= 11 is 0. The van der Waals surface area contributed by atoms with Crippen molar-refractivity contribution in [2.45, 2.75) is 70.3 Å². The Morgan fingerprint density at radius 2 is 1.45 bits per heavy atom. The molecule has 0 saturated carbocycles. The Kier molecular flexibility index (Phi) is 8.64. The molecule has 6 nitrogen and oxygen atoms in total. The number of sulfonamides is 1. The summed E-state index contributed by atoms with van der Waals surface area (Å²) in [6.45, 7) is 13.5. The van der Waals surface area contributed by atoms with Crippen LogP contribution in [0.3, 0.4) is 0 Å². The topological polar surface area (TPSA) is 66.9 Å². The maximum Gasteiger partial charge on any atom is 0.410 e. The first-order valence-corrected chi connectivity index (χ1v) is 15.5. The number of nitrogens with zero attached hydrogens (tertiary/aromatic N) is 2. The zero-order chi connectivity index (χ0) is 29.1. The van der Waals surface area contributed by atoms with E-state index < -0.39 is 15.6 Å². The number of carbonyl (C=O) groups excluding carboxylic acids is 1. The van der Waals surface area contributed by atoms with Crippen LogP contribution in [-0.4, -0.2) is 44.6 Å². The Morgan fingerprint density at radius 3 is 2.00 bits per heavy atom. The van der Waals surface area contributed by atoms with Gasteiger partial charge in [0.25, 0.3) is 10.0 Å². The molecular formula is C33H42N2O4S. The Morgan fingerprint density at radius 1 is 0.875 bits per heavy atom. The van der Waals surface area contributed by atoms with E-state index in [0.717, 1.165) is 16.7 Å². The molecule has 7 heteroatoms. The molecule has 0 bridgehead atoms. The van der Waals surface area contributed by atoms with Crippen LogP contribution in [0.25, 0.3) is 11.1 Å². The summed E-state index contributed by atoms with van der Waals surface area (Å²) in [5.74, 6) is 0.0862. The molecule has 40 heavy (non-hydrogen) atoms. The fraction of sp³-hybridized carbons (Fsp3) is 0.424. The van der Waals surface area contributed by atoms with E-state index in [9.17, 15) is 13.2 Å². The number of ether oxygens (including phenoxy) is 1. The highest BCUT2D eigenvalue weighted by Crippen LogP contribution is 2.39. The Balaban J connectivity index is 1.72. The van der Waals surface area contributed by atoms with Gasteiger partial charge in [-0.3, -0.25) is 4.31 Å². The minimum Gasteiger partial charge on any atom is -0.444 e. The average molecular weight is 563 g/mol. The van der Waals surface area contributed by atoms with E-state index in [1.165, 1.54) is 0 Å². The summed E-state index contributed by atoms with van der Waals surface area (Å²) in [7, 11) is -3.86. The van der Waals surface area contributed by atoms with Crippen molar-refractivity contribution in [3.05, 3.63) is 84.4 Å². The molecule has 3 aromatic rings. The summed E-state index contributed by atoms with van der Waals surface area (Å²) in [4.78, 5) is 14.6. The van der Waals surface area contributed by atoms with Crippen LogP contribution >= 0.6 is 0 Å². The lowest BCUT2D eigenvalue weighted by molar-refractivity contribution is 0.0187. The number of rotatable bonds is 6. The van der Waals surface area contributed by atoms with Crippen LogP contribution in [0.2, 0.25) is 0 Å². The van der Waals surface area contributed by atoms with Crippen LogP contribution in [0.4, 0.5) is 10.5 Å². The lowest BCUT2D eigenvalue weighted by atomic mass is 9.85. The van der Waals surface area contributed by atoms with E-state index in [4.69, 9.17) is 4.74 Å². The van der Waals surface area contributed by atoms with Gasteiger partial charge in [0.15, 0.2) is 0 Å². The number of hydrogen-bond donors (Lipinski definition) is 0. The second-order valence-corrected chi connectivity index (χ2v) is 14.5. The van der Waals surface area contributed by atoms with Gasteiger partial charge in [0.05, 0.1) is 10.6 Å². The van der Waals surface area contributed by atoms with Crippen molar-refractivity contribution in [3.8, 4) is 11.1 Å². The summed E-state index contributed by atoms with van der Waals surface area (Å²) in [5, 5.41) is 0. The van der Waals surface area contributed by atoms with E-state index in [2.05, 4.69) is 26.8 Å². The van der Waals surface area contributed by atoms with Crippen LogP contribution in [0, 0.1) is 5.92 Å². The highest BCUT2D eigenvalue weighted by Gasteiger charge is 2.33. The van der Waals surface area contributed by atoms with Crippen molar-refractivity contribution < 1.29 is 17.9 Å². The quantitative estimate of drug-likeness (QED) is 0.312. The molecule has 0 radical (unpaired) electrons. The van der Waals surface area contributed by atoms with Gasteiger partial charge < -0.3 is 9.64 Å². The van der Waals surface area contributed by atoms with Crippen molar-refractivity contribution in [1.82, 2.24) is 4.90 Å². The molecule has 4 rings (SSSR count). The summed E-state index contributed by atoms with van der Waals surface area (Å²) in [6.07, 6.45) is 1.07. The van der Waals surface area contributed by atoms with Gasteiger partial charge in [-0.15, -0.1) is 0 Å². The zero-order valence-corrected chi connectivity index (χ0v) is 25.4. The zero-order valence-electron chi connectivity index (χ0n) is 24.6. The van der Waals surface area contributed by atoms with Crippen LogP contribution in [0.15, 0.2) is 83.8 Å². The smallest absolute Gasteiger partial charge is 0.410 e. The number of piperidine rings is 1. The summed E-state index contributed by atoms with van der Waals surface area (Å²) in [5.41, 5.74) is 3.01. The third-order valence-electron chi connectivity index (χ3n) is 7.24. The van der Waals surface area contributed by atoms with Crippen molar-refractivity contribution in [2.75, 3.05) is 23.9 Å². The Labute approximate surface area is 240 Å². The normalized spacial score (nSPS) is 15.1. The van der Waals surface area contributed by atoms with E-state index in [-0.39, 0.29) is 22.3 Å². The molecule has 1 saturated heterocycles. The van der Waals surface area contributed by atoms with E-state index in [0.29, 0.717) is 38.2 Å². The average Bonchev–Trinajstić information content (AvgIpc) is 2.91. The number of anilines is 1. The second-order valence-electron chi connectivity index (χ2n) is 12.6. The molecule has 3 aromatic carbocycles. The summed E-state index contributed by atoms with van der Waals surface area (Å²) < 4.78 is 35.6.